The Hall–Kier alpha value is -2.29. The minimum atomic E-state index is -4.58. The van der Waals surface area contributed by atoms with E-state index in [-0.39, 0.29) is 11.5 Å². The van der Waals surface area contributed by atoms with E-state index in [9.17, 15) is 18.0 Å². The van der Waals surface area contributed by atoms with Crippen LogP contribution in [-0.4, -0.2) is 44.4 Å². The van der Waals surface area contributed by atoms with Crippen molar-refractivity contribution in [3.8, 4) is 5.75 Å². The Kier molecular flexibility index (Phi) is 10.3. The minimum absolute atomic E-state index is 0.0195. The van der Waals surface area contributed by atoms with Gasteiger partial charge in [-0.2, -0.15) is 18.2 Å². The summed E-state index contributed by atoms with van der Waals surface area (Å²) in [6.07, 6.45) is 2.13. The van der Waals surface area contributed by atoms with Crippen molar-refractivity contribution < 1.29 is 27.5 Å². The van der Waals surface area contributed by atoms with Crippen molar-refractivity contribution in [2.45, 2.75) is 63.6 Å². The van der Waals surface area contributed by atoms with Gasteiger partial charge in [-0.25, -0.2) is 0 Å². The first-order chi connectivity index (χ1) is 17.6. The Labute approximate surface area is 222 Å². The van der Waals surface area contributed by atoms with Gasteiger partial charge in [-0.1, -0.05) is 49.1 Å². The first kappa shape index (κ1) is 29.3. The average molecular weight is 541 g/mol. The van der Waals surface area contributed by atoms with Crippen LogP contribution in [0.3, 0.4) is 0 Å². The van der Waals surface area contributed by atoms with Crippen LogP contribution in [0.5, 0.6) is 5.75 Å². The topological polar surface area (TPSA) is 50.8 Å². The van der Waals surface area contributed by atoms with Crippen LogP contribution in [-0.2, 0) is 16.9 Å². The quantitative estimate of drug-likeness (QED) is 0.314. The molecule has 1 saturated heterocycles. The van der Waals surface area contributed by atoms with Crippen molar-refractivity contribution in [3.63, 3.8) is 0 Å². The first-order valence-electron chi connectivity index (χ1n) is 12.7. The second kappa shape index (κ2) is 13.0. The number of unbranched alkanes of at least 4 members (excludes halogenated alkanes) is 2. The highest BCUT2D eigenvalue weighted by molar-refractivity contribution is 6.33. The van der Waals surface area contributed by atoms with Crippen molar-refractivity contribution >= 4 is 17.5 Å². The molecule has 1 aliphatic rings. The zero-order valence-electron chi connectivity index (χ0n) is 21.7. The molecule has 204 valence electrons. The van der Waals surface area contributed by atoms with Gasteiger partial charge in [0.1, 0.15) is 5.75 Å². The fourth-order valence-corrected chi connectivity index (χ4v) is 5.00. The van der Waals surface area contributed by atoms with Crippen LogP contribution in [0.2, 0.25) is 5.02 Å². The molecule has 0 spiro atoms. The summed E-state index contributed by atoms with van der Waals surface area (Å²) in [6, 6.07) is 11.5. The summed E-state index contributed by atoms with van der Waals surface area (Å²) >= 11 is 6.23. The van der Waals surface area contributed by atoms with Crippen LogP contribution >= 0.6 is 11.6 Å². The molecule has 0 radical (unpaired) electrons. The molecule has 9 heteroatoms. The molecule has 0 aliphatic carbocycles. The molecule has 2 aromatic rings. The number of piperidine rings is 1. The van der Waals surface area contributed by atoms with Gasteiger partial charge in [-0.15, -0.1) is 0 Å². The monoisotopic (exact) mass is 540 g/mol. The van der Waals surface area contributed by atoms with Crippen molar-refractivity contribution in [1.29, 1.82) is 0 Å². The summed E-state index contributed by atoms with van der Waals surface area (Å²) in [7, 11) is 3.00. The molecule has 1 heterocycles. The highest BCUT2D eigenvalue weighted by Gasteiger charge is 2.55. The summed E-state index contributed by atoms with van der Waals surface area (Å²) in [4.78, 5) is 17.4. The van der Waals surface area contributed by atoms with E-state index in [4.69, 9.17) is 21.2 Å². The van der Waals surface area contributed by atoms with Crippen molar-refractivity contribution in [2.75, 3.05) is 27.2 Å². The maximum absolute atomic E-state index is 14.1. The van der Waals surface area contributed by atoms with Crippen LogP contribution in [0.15, 0.2) is 42.5 Å². The second-order valence-corrected chi connectivity index (χ2v) is 10.1. The number of nitrogens with one attached hydrogen (secondary N) is 1. The number of hydrogen-bond donors (Lipinski definition) is 1. The standard InChI is InChI=1S/C28H36ClF3N2O3/c1-27(28(30,31)32,22-10-7-11-23(19-22)36-3)37-34-16-14-20(15-17-34)8-5-4-6-9-21-12-13-24(25(29)18-21)26(35)33-2/h7,10-13,18-20H,4-6,8-9,14-17H2,1-3H3,(H,33,35). The lowest BCUT2D eigenvalue weighted by atomic mass is 9.91. The number of halogens is 4. The molecule has 0 saturated carbocycles. The van der Waals surface area contributed by atoms with Crippen LogP contribution < -0.4 is 10.1 Å². The maximum atomic E-state index is 14.1. The highest BCUT2D eigenvalue weighted by Crippen LogP contribution is 2.44. The molecule has 5 nitrogen and oxygen atoms in total. The molecular weight excluding hydrogens is 505 g/mol. The van der Waals surface area contributed by atoms with Crippen LogP contribution in [0.25, 0.3) is 0 Å². The van der Waals surface area contributed by atoms with Gasteiger partial charge in [-0.3, -0.25) is 9.63 Å². The van der Waals surface area contributed by atoms with Gasteiger partial charge in [0.25, 0.3) is 5.91 Å². The van der Waals surface area contributed by atoms with Gasteiger partial charge >= 0.3 is 6.18 Å². The zero-order chi connectivity index (χ0) is 27.1. The van der Waals surface area contributed by atoms with E-state index in [0.29, 0.717) is 35.3 Å². The number of rotatable bonds is 11. The Morgan fingerprint density at radius 2 is 1.84 bits per heavy atom. The van der Waals surface area contributed by atoms with Gasteiger partial charge in [0.05, 0.1) is 17.7 Å². The number of aryl methyl sites for hydroxylation is 1. The van der Waals surface area contributed by atoms with E-state index in [1.165, 1.54) is 24.3 Å². The molecule has 1 amide bonds. The molecule has 1 aliphatic heterocycles. The summed E-state index contributed by atoms with van der Waals surface area (Å²) in [5.41, 5.74) is -0.851. The van der Waals surface area contributed by atoms with Gasteiger partial charge in [0, 0.05) is 20.1 Å². The van der Waals surface area contributed by atoms with E-state index in [2.05, 4.69) is 5.32 Å². The van der Waals surface area contributed by atoms with Crippen molar-refractivity contribution in [1.82, 2.24) is 10.4 Å². The Bertz CT molecular complexity index is 1040. The van der Waals surface area contributed by atoms with Gasteiger partial charge in [0.2, 0.25) is 5.60 Å². The molecule has 1 atom stereocenters. The third kappa shape index (κ3) is 7.62. The number of amides is 1. The number of nitrogens with zero attached hydrogens (tertiary/aromatic N) is 1. The maximum Gasteiger partial charge on any atom is 0.423 e. The molecule has 1 fully saturated rings. The predicted octanol–water partition coefficient (Wildman–Crippen LogP) is 6.93. The average Bonchev–Trinajstić information content (AvgIpc) is 2.88. The van der Waals surface area contributed by atoms with Crippen LogP contribution in [0.4, 0.5) is 13.2 Å². The van der Waals surface area contributed by atoms with Crippen LogP contribution in [0.1, 0.15) is 66.9 Å². The number of hydroxylamine groups is 2. The molecule has 0 bridgehead atoms. The predicted molar refractivity (Wildman–Crippen MR) is 139 cm³/mol. The molecule has 0 aromatic heterocycles. The third-order valence-electron chi connectivity index (χ3n) is 7.13. The second-order valence-electron chi connectivity index (χ2n) is 9.72. The van der Waals surface area contributed by atoms with E-state index >= 15 is 0 Å². The Morgan fingerprint density at radius 1 is 1.11 bits per heavy atom. The largest absolute Gasteiger partial charge is 0.497 e. The van der Waals surface area contributed by atoms with E-state index in [1.54, 1.807) is 25.2 Å². The highest BCUT2D eigenvalue weighted by atomic mass is 35.5. The zero-order valence-corrected chi connectivity index (χ0v) is 22.4. The van der Waals surface area contributed by atoms with Gasteiger partial charge in [-0.05, 0) is 73.9 Å². The summed E-state index contributed by atoms with van der Waals surface area (Å²) in [5.74, 6) is 0.644. The molecule has 1 unspecified atom stereocenters. The molecule has 37 heavy (non-hydrogen) atoms. The van der Waals surface area contributed by atoms with E-state index < -0.39 is 11.8 Å². The fraction of sp³-hybridized carbons (Fsp3) is 0.536. The smallest absolute Gasteiger partial charge is 0.423 e. The Morgan fingerprint density at radius 3 is 2.46 bits per heavy atom. The summed E-state index contributed by atoms with van der Waals surface area (Å²) in [6.45, 7) is 2.01. The third-order valence-corrected chi connectivity index (χ3v) is 7.44. The normalized spacial score (nSPS) is 16.8. The molecule has 1 N–H and O–H groups in total. The number of benzene rings is 2. The minimum Gasteiger partial charge on any atom is -0.497 e. The number of alkyl halides is 3. The molecule has 3 rings (SSSR count). The number of ether oxygens (including phenoxy) is 1. The van der Waals surface area contributed by atoms with E-state index in [1.807, 2.05) is 12.1 Å². The fourth-order valence-electron chi connectivity index (χ4n) is 4.71. The first-order valence-corrected chi connectivity index (χ1v) is 13.1. The Balaban J connectivity index is 1.43. The van der Waals surface area contributed by atoms with Crippen LogP contribution in [0, 0.1) is 5.92 Å². The van der Waals surface area contributed by atoms with Crippen molar-refractivity contribution in [3.05, 3.63) is 64.2 Å². The lowest BCUT2D eigenvalue weighted by Gasteiger charge is -2.40. The van der Waals surface area contributed by atoms with Crippen molar-refractivity contribution in [2.24, 2.45) is 5.92 Å². The van der Waals surface area contributed by atoms with E-state index in [0.717, 1.165) is 57.4 Å². The molecular formula is C28H36ClF3N2O3. The van der Waals surface area contributed by atoms with Gasteiger partial charge < -0.3 is 10.1 Å². The lowest BCUT2D eigenvalue weighted by molar-refractivity contribution is -0.357. The number of methoxy groups -OCH3 is 1. The summed E-state index contributed by atoms with van der Waals surface area (Å²) in [5, 5.41) is 4.50. The number of carbonyl (C=O) groups excluding carboxylic acids is 1. The molecule has 2 aromatic carbocycles. The van der Waals surface area contributed by atoms with Gasteiger partial charge in [0.15, 0.2) is 0 Å². The number of carbonyl (C=O) groups is 1. The number of hydrogen-bond acceptors (Lipinski definition) is 4. The summed E-state index contributed by atoms with van der Waals surface area (Å²) < 4.78 is 47.4. The lowest BCUT2D eigenvalue weighted by Crippen LogP contribution is -2.48. The SMILES string of the molecule is CNC(=O)c1ccc(CCCCCC2CCN(OC(C)(c3cccc(OC)c3)C(F)(F)F)CC2)cc1Cl.